The third-order valence-corrected chi connectivity index (χ3v) is 3.44. The molecule has 0 bridgehead atoms. The number of phenols is 1. The molecule has 0 aliphatic heterocycles. The van der Waals surface area contributed by atoms with Crippen LogP contribution in [0.3, 0.4) is 0 Å². The largest absolute Gasteiger partial charge is 0.506 e. The van der Waals surface area contributed by atoms with Gasteiger partial charge in [-0.2, -0.15) is 0 Å². The van der Waals surface area contributed by atoms with Crippen LogP contribution in [0.25, 0.3) is 0 Å². The Morgan fingerprint density at radius 2 is 1.67 bits per heavy atom. The van der Waals surface area contributed by atoms with Crippen molar-refractivity contribution in [3.8, 4) is 17.2 Å². The minimum absolute atomic E-state index is 0.0173. The van der Waals surface area contributed by atoms with Gasteiger partial charge in [-0.3, -0.25) is 0 Å². The third kappa shape index (κ3) is 2.66. The van der Waals surface area contributed by atoms with Gasteiger partial charge in [-0.1, -0.05) is 34.8 Å². The molecule has 94 valence electrons. The fraction of sp³-hybridized carbons (Fsp3) is 0.0769. The number of benzene rings is 2. The Morgan fingerprint density at radius 1 is 1.00 bits per heavy atom. The third-order valence-electron chi connectivity index (χ3n) is 2.43. The molecule has 0 aromatic heterocycles. The molecule has 0 atom stereocenters. The van der Waals surface area contributed by atoms with Crippen LogP contribution in [-0.4, -0.2) is 5.11 Å². The summed E-state index contributed by atoms with van der Waals surface area (Å²) in [5, 5.41) is 10.7. The van der Waals surface area contributed by atoms with E-state index in [2.05, 4.69) is 0 Å². The smallest absolute Gasteiger partial charge is 0.146 e. The van der Waals surface area contributed by atoms with Gasteiger partial charge in [0.1, 0.15) is 17.2 Å². The molecule has 0 unspecified atom stereocenters. The van der Waals surface area contributed by atoms with Gasteiger partial charge in [0, 0.05) is 10.6 Å². The van der Waals surface area contributed by atoms with E-state index in [1.165, 1.54) is 6.07 Å². The molecule has 0 spiro atoms. The molecular formula is C13H9Cl3O2. The highest BCUT2D eigenvalue weighted by molar-refractivity contribution is 6.35. The molecular weight excluding hydrogens is 294 g/mol. The van der Waals surface area contributed by atoms with Crippen LogP contribution in [-0.2, 0) is 0 Å². The highest BCUT2D eigenvalue weighted by Gasteiger charge is 2.11. The zero-order valence-electron chi connectivity index (χ0n) is 9.38. The molecule has 0 amide bonds. The van der Waals surface area contributed by atoms with E-state index in [0.717, 1.165) is 0 Å². The summed E-state index contributed by atoms with van der Waals surface area (Å²) in [6.07, 6.45) is 0. The Balaban J connectivity index is 2.37. The predicted molar refractivity (Wildman–Crippen MR) is 74.4 cm³/mol. The second kappa shape index (κ2) is 5.27. The maximum absolute atomic E-state index is 9.45. The van der Waals surface area contributed by atoms with E-state index in [1.54, 1.807) is 31.2 Å². The van der Waals surface area contributed by atoms with Crippen molar-refractivity contribution in [2.75, 3.05) is 0 Å². The van der Waals surface area contributed by atoms with Crippen LogP contribution in [0.1, 0.15) is 5.56 Å². The van der Waals surface area contributed by atoms with Gasteiger partial charge in [0.15, 0.2) is 0 Å². The lowest BCUT2D eigenvalue weighted by Gasteiger charge is -2.11. The number of aromatic hydroxyl groups is 1. The van der Waals surface area contributed by atoms with Gasteiger partial charge < -0.3 is 9.84 Å². The van der Waals surface area contributed by atoms with Crippen molar-refractivity contribution in [3.05, 3.63) is 51.0 Å². The lowest BCUT2D eigenvalue weighted by molar-refractivity contribution is 0.462. The lowest BCUT2D eigenvalue weighted by Crippen LogP contribution is -1.89. The van der Waals surface area contributed by atoms with Crippen molar-refractivity contribution in [2.24, 2.45) is 0 Å². The number of phenolic OH excluding ortho intramolecular Hbond substituents is 1. The monoisotopic (exact) mass is 302 g/mol. The Labute approximate surface area is 120 Å². The van der Waals surface area contributed by atoms with Crippen molar-refractivity contribution < 1.29 is 9.84 Å². The lowest BCUT2D eigenvalue weighted by atomic mass is 10.2. The van der Waals surface area contributed by atoms with E-state index in [9.17, 15) is 5.11 Å². The highest BCUT2D eigenvalue weighted by atomic mass is 35.5. The number of hydrogen-bond acceptors (Lipinski definition) is 2. The van der Waals surface area contributed by atoms with Crippen LogP contribution in [0.5, 0.6) is 17.2 Å². The molecule has 0 aliphatic carbocycles. The average molecular weight is 304 g/mol. The molecule has 0 aliphatic rings. The van der Waals surface area contributed by atoms with Crippen LogP contribution in [0.2, 0.25) is 15.1 Å². The van der Waals surface area contributed by atoms with Crippen LogP contribution in [0.4, 0.5) is 0 Å². The van der Waals surface area contributed by atoms with Crippen LogP contribution in [0, 0.1) is 6.92 Å². The first-order valence-electron chi connectivity index (χ1n) is 5.10. The first kappa shape index (κ1) is 13.3. The Hall–Kier alpha value is -1.09. The van der Waals surface area contributed by atoms with Gasteiger partial charge in [-0.05, 0) is 37.3 Å². The summed E-state index contributed by atoms with van der Waals surface area (Å²) >= 11 is 17.7. The van der Waals surface area contributed by atoms with Gasteiger partial charge in [-0.15, -0.1) is 0 Å². The van der Waals surface area contributed by atoms with Gasteiger partial charge in [0.25, 0.3) is 0 Å². The molecule has 0 radical (unpaired) electrons. The topological polar surface area (TPSA) is 29.5 Å². The van der Waals surface area contributed by atoms with Gasteiger partial charge in [0.05, 0.1) is 10.0 Å². The van der Waals surface area contributed by atoms with Gasteiger partial charge in [0.2, 0.25) is 0 Å². The van der Waals surface area contributed by atoms with E-state index < -0.39 is 0 Å². The van der Waals surface area contributed by atoms with Crippen molar-refractivity contribution in [3.63, 3.8) is 0 Å². The molecule has 18 heavy (non-hydrogen) atoms. The summed E-state index contributed by atoms with van der Waals surface area (Å²) in [4.78, 5) is 0. The predicted octanol–water partition coefficient (Wildman–Crippen LogP) is 5.45. The number of hydrogen-bond donors (Lipinski definition) is 1. The molecule has 2 nitrogen and oxygen atoms in total. The number of ether oxygens (including phenoxy) is 1. The summed E-state index contributed by atoms with van der Waals surface area (Å²) in [5.41, 5.74) is 0.641. The average Bonchev–Trinajstić information content (AvgIpc) is 2.33. The maximum atomic E-state index is 9.45. The van der Waals surface area contributed by atoms with Gasteiger partial charge in [-0.25, -0.2) is 0 Å². The Bertz CT molecular complexity index is 597. The molecule has 2 aromatic rings. The van der Waals surface area contributed by atoms with Crippen molar-refractivity contribution in [2.45, 2.75) is 6.92 Å². The molecule has 1 N–H and O–H groups in total. The van der Waals surface area contributed by atoms with E-state index >= 15 is 0 Å². The fourth-order valence-electron chi connectivity index (χ4n) is 1.44. The molecule has 0 heterocycles. The molecule has 0 saturated carbocycles. The molecule has 5 heteroatoms. The minimum Gasteiger partial charge on any atom is -0.506 e. The molecule has 2 rings (SSSR count). The van der Waals surface area contributed by atoms with Crippen LogP contribution >= 0.6 is 34.8 Å². The van der Waals surface area contributed by atoms with Crippen LogP contribution < -0.4 is 4.74 Å². The summed E-state index contributed by atoms with van der Waals surface area (Å²) in [5.74, 6) is 1.02. The van der Waals surface area contributed by atoms with Crippen molar-refractivity contribution >= 4 is 34.8 Å². The standard InChI is InChI=1S/C13H9Cl3O2/c1-7-11(5-3-10(17)13(7)16)18-12-4-2-8(14)6-9(12)15/h2-6,17H,1H3. The van der Waals surface area contributed by atoms with Crippen LogP contribution in [0.15, 0.2) is 30.3 Å². The summed E-state index contributed by atoms with van der Waals surface area (Å²) < 4.78 is 5.64. The quantitative estimate of drug-likeness (QED) is 0.799. The zero-order chi connectivity index (χ0) is 13.3. The summed E-state index contributed by atoms with van der Waals surface area (Å²) in [6.45, 7) is 1.75. The SMILES string of the molecule is Cc1c(Oc2ccc(Cl)cc2Cl)ccc(O)c1Cl. The second-order valence-corrected chi connectivity index (χ2v) is 4.92. The first-order chi connectivity index (χ1) is 8.49. The number of halogens is 3. The normalized spacial score (nSPS) is 10.4. The molecule has 2 aromatic carbocycles. The first-order valence-corrected chi connectivity index (χ1v) is 6.23. The molecule has 0 fully saturated rings. The summed E-state index contributed by atoms with van der Waals surface area (Å²) in [7, 11) is 0. The van der Waals surface area contributed by atoms with E-state index in [0.29, 0.717) is 27.1 Å². The van der Waals surface area contributed by atoms with Gasteiger partial charge >= 0.3 is 0 Å². The van der Waals surface area contributed by atoms with Crippen molar-refractivity contribution in [1.82, 2.24) is 0 Å². The zero-order valence-corrected chi connectivity index (χ0v) is 11.6. The van der Waals surface area contributed by atoms with E-state index in [1.807, 2.05) is 0 Å². The maximum Gasteiger partial charge on any atom is 0.146 e. The van der Waals surface area contributed by atoms with Crippen molar-refractivity contribution in [1.29, 1.82) is 0 Å². The second-order valence-electron chi connectivity index (χ2n) is 3.70. The fourth-order valence-corrected chi connectivity index (χ4v) is 2.04. The molecule has 0 saturated heterocycles. The Morgan fingerprint density at radius 3 is 2.33 bits per heavy atom. The summed E-state index contributed by atoms with van der Waals surface area (Å²) in [6, 6.07) is 8.04. The number of rotatable bonds is 2. The Kier molecular flexibility index (Phi) is 3.91. The highest BCUT2D eigenvalue weighted by Crippen LogP contribution is 2.37. The minimum atomic E-state index is 0.0173. The van der Waals surface area contributed by atoms with E-state index in [-0.39, 0.29) is 10.8 Å². The van der Waals surface area contributed by atoms with E-state index in [4.69, 9.17) is 39.5 Å².